The third kappa shape index (κ3) is 5.40. The summed E-state index contributed by atoms with van der Waals surface area (Å²) in [5, 5.41) is 15.4. The number of aliphatic carboxylic acids is 1. The van der Waals surface area contributed by atoms with Gasteiger partial charge in [0.05, 0.1) is 6.54 Å². The number of aromatic nitrogens is 2. The molecule has 2 aromatic rings. The number of hydrogen-bond donors (Lipinski definition) is 2. The molecule has 21 heavy (non-hydrogen) atoms. The monoisotopic (exact) mass is 323 g/mol. The first-order valence-electron chi connectivity index (χ1n) is 5.32. The molecule has 0 saturated carbocycles. The number of carboxylic acid groups (broad SMARTS) is 1. The maximum Gasteiger partial charge on any atom is 0.490 e. The SMILES string of the molecule is NCc1nnc(-c2ccc(Cl)cc2)o1.O=C(O)C(F)(F)F. The smallest absolute Gasteiger partial charge is 0.475 e. The molecule has 6 nitrogen and oxygen atoms in total. The molecule has 0 unspecified atom stereocenters. The molecule has 114 valence electrons. The van der Waals surface area contributed by atoms with Crippen molar-refractivity contribution in [1.29, 1.82) is 0 Å². The van der Waals surface area contributed by atoms with Crippen LogP contribution in [-0.2, 0) is 11.3 Å². The van der Waals surface area contributed by atoms with Gasteiger partial charge in [-0.3, -0.25) is 0 Å². The van der Waals surface area contributed by atoms with Gasteiger partial charge < -0.3 is 15.3 Å². The van der Waals surface area contributed by atoms with Gasteiger partial charge in [-0.1, -0.05) is 11.6 Å². The van der Waals surface area contributed by atoms with Gasteiger partial charge >= 0.3 is 12.1 Å². The van der Waals surface area contributed by atoms with Crippen LogP contribution in [0, 0.1) is 0 Å². The van der Waals surface area contributed by atoms with Crippen molar-refractivity contribution in [3.8, 4) is 11.5 Å². The summed E-state index contributed by atoms with van der Waals surface area (Å²) in [4.78, 5) is 8.90. The van der Waals surface area contributed by atoms with Gasteiger partial charge in [-0.25, -0.2) is 4.79 Å². The van der Waals surface area contributed by atoms with Gasteiger partial charge in [-0.2, -0.15) is 13.2 Å². The summed E-state index contributed by atoms with van der Waals surface area (Å²) in [6, 6.07) is 7.17. The number of halogens is 4. The van der Waals surface area contributed by atoms with Crippen LogP contribution in [0.15, 0.2) is 28.7 Å². The number of hydrogen-bond acceptors (Lipinski definition) is 5. The Bertz CT molecular complexity index is 599. The summed E-state index contributed by atoms with van der Waals surface area (Å²) in [6.07, 6.45) is -5.08. The first-order chi connectivity index (χ1) is 9.74. The largest absolute Gasteiger partial charge is 0.490 e. The molecule has 0 aliphatic carbocycles. The number of alkyl halides is 3. The van der Waals surface area contributed by atoms with Crippen LogP contribution in [0.5, 0.6) is 0 Å². The lowest BCUT2D eigenvalue weighted by molar-refractivity contribution is -0.192. The lowest BCUT2D eigenvalue weighted by Crippen LogP contribution is -2.21. The van der Waals surface area contributed by atoms with Crippen molar-refractivity contribution in [2.24, 2.45) is 5.73 Å². The minimum atomic E-state index is -5.08. The first kappa shape index (κ1) is 16.9. The molecular formula is C11H9ClF3N3O3. The van der Waals surface area contributed by atoms with Gasteiger partial charge in [-0.05, 0) is 24.3 Å². The van der Waals surface area contributed by atoms with Crippen LogP contribution >= 0.6 is 11.6 Å². The molecule has 0 aliphatic heterocycles. The van der Waals surface area contributed by atoms with Crippen molar-refractivity contribution >= 4 is 17.6 Å². The van der Waals surface area contributed by atoms with E-state index in [1.165, 1.54) is 0 Å². The highest BCUT2D eigenvalue weighted by atomic mass is 35.5. The van der Waals surface area contributed by atoms with E-state index in [4.69, 9.17) is 31.7 Å². The molecule has 1 aromatic heterocycles. The molecule has 0 spiro atoms. The van der Waals surface area contributed by atoms with E-state index in [9.17, 15) is 13.2 Å². The third-order valence-corrected chi connectivity index (χ3v) is 2.23. The average molecular weight is 324 g/mol. The number of benzene rings is 1. The number of nitrogens with zero attached hydrogens (tertiary/aromatic N) is 2. The van der Waals surface area contributed by atoms with Crippen molar-refractivity contribution in [3.05, 3.63) is 35.2 Å². The van der Waals surface area contributed by atoms with Crippen LogP contribution in [0.2, 0.25) is 5.02 Å². The zero-order valence-electron chi connectivity index (χ0n) is 10.3. The van der Waals surface area contributed by atoms with E-state index in [0.29, 0.717) is 16.8 Å². The Balaban J connectivity index is 0.000000270. The van der Waals surface area contributed by atoms with E-state index in [2.05, 4.69) is 10.2 Å². The predicted octanol–water partition coefficient (Wildman–Crippen LogP) is 2.48. The summed E-state index contributed by atoms with van der Waals surface area (Å²) >= 11 is 5.74. The molecule has 10 heteroatoms. The van der Waals surface area contributed by atoms with Crippen molar-refractivity contribution in [3.63, 3.8) is 0 Å². The number of carbonyl (C=O) groups is 1. The summed E-state index contributed by atoms with van der Waals surface area (Å²) in [7, 11) is 0. The lowest BCUT2D eigenvalue weighted by Gasteiger charge is -1.93. The Morgan fingerprint density at radius 1 is 1.29 bits per heavy atom. The maximum absolute atomic E-state index is 10.6. The van der Waals surface area contributed by atoms with Gasteiger partial charge in [0.2, 0.25) is 11.8 Å². The Morgan fingerprint density at radius 3 is 2.19 bits per heavy atom. The number of rotatable bonds is 2. The highest BCUT2D eigenvalue weighted by molar-refractivity contribution is 6.30. The second kappa shape index (κ2) is 7.04. The normalized spacial score (nSPS) is 10.7. The van der Waals surface area contributed by atoms with Gasteiger partial charge in [0.15, 0.2) is 0 Å². The van der Waals surface area contributed by atoms with Gasteiger partial charge in [0, 0.05) is 10.6 Å². The van der Waals surface area contributed by atoms with E-state index in [-0.39, 0.29) is 6.54 Å². The minimum absolute atomic E-state index is 0.251. The molecule has 0 saturated heterocycles. The second-order valence-corrected chi connectivity index (χ2v) is 3.95. The zero-order chi connectivity index (χ0) is 16.0. The lowest BCUT2D eigenvalue weighted by atomic mass is 10.2. The Morgan fingerprint density at radius 2 is 1.81 bits per heavy atom. The molecule has 0 atom stereocenters. The molecule has 0 radical (unpaired) electrons. The van der Waals surface area contributed by atoms with Gasteiger partial charge in [0.25, 0.3) is 0 Å². The minimum Gasteiger partial charge on any atom is -0.475 e. The summed E-state index contributed by atoms with van der Waals surface area (Å²) < 4.78 is 37.0. The van der Waals surface area contributed by atoms with E-state index in [1.807, 2.05) is 12.1 Å². The molecule has 1 heterocycles. The third-order valence-electron chi connectivity index (χ3n) is 1.98. The molecule has 1 aromatic carbocycles. The topological polar surface area (TPSA) is 102 Å². The standard InChI is InChI=1S/C9H8ClN3O.C2HF3O2/c10-7-3-1-6(2-4-7)9-13-12-8(5-11)14-9;3-2(4,5)1(6)7/h1-4H,5,11H2;(H,6,7). The highest BCUT2D eigenvalue weighted by Gasteiger charge is 2.38. The van der Waals surface area contributed by atoms with Crippen LogP contribution in [0.25, 0.3) is 11.5 Å². The average Bonchev–Trinajstić information content (AvgIpc) is 2.88. The predicted molar refractivity (Wildman–Crippen MR) is 66.3 cm³/mol. The summed E-state index contributed by atoms with van der Waals surface area (Å²) in [5.74, 6) is -1.87. The van der Waals surface area contributed by atoms with E-state index < -0.39 is 12.1 Å². The molecule has 0 aliphatic rings. The highest BCUT2D eigenvalue weighted by Crippen LogP contribution is 2.19. The van der Waals surface area contributed by atoms with E-state index in [1.54, 1.807) is 12.1 Å². The molecule has 0 amide bonds. The Kier molecular flexibility index (Phi) is 5.68. The van der Waals surface area contributed by atoms with Crippen LogP contribution in [-0.4, -0.2) is 27.4 Å². The molecule has 0 fully saturated rings. The quantitative estimate of drug-likeness (QED) is 0.880. The fourth-order valence-corrected chi connectivity index (χ4v) is 1.17. The fraction of sp³-hybridized carbons (Fsp3) is 0.182. The zero-order valence-corrected chi connectivity index (χ0v) is 11.0. The van der Waals surface area contributed by atoms with Crippen LogP contribution in [0.1, 0.15) is 5.89 Å². The van der Waals surface area contributed by atoms with Crippen molar-refractivity contribution in [2.75, 3.05) is 0 Å². The molecule has 2 rings (SSSR count). The van der Waals surface area contributed by atoms with Crippen LogP contribution in [0.4, 0.5) is 13.2 Å². The number of carboxylic acids is 1. The molecular weight excluding hydrogens is 315 g/mol. The number of nitrogens with two attached hydrogens (primary N) is 1. The van der Waals surface area contributed by atoms with Gasteiger partial charge in [-0.15, -0.1) is 10.2 Å². The first-order valence-corrected chi connectivity index (χ1v) is 5.70. The van der Waals surface area contributed by atoms with Gasteiger partial charge in [0.1, 0.15) is 0 Å². The van der Waals surface area contributed by atoms with Crippen molar-refractivity contribution in [1.82, 2.24) is 10.2 Å². The molecule has 0 bridgehead atoms. The van der Waals surface area contributed by atoms with Crippen molar-refractivity contribution in [2.45, 2.75) is 12.7 Å². The van der Waals surface area contributed by atoms with E-state index in [0.717, 1.165) is 5.56 Å². The Labute approximate surface area is 121 Å². The van der Waals surface area contributed by atoms with Crippen LogP contribution < -0.4 is 5.73 Å². The van der Waals surface area contributed by atoms with Crippen molar-refractivity contribution < 1.29 is 27.5 Å². The van der Waals surface area contributed by atoms with Crippen LogP contribution in [0.3, 0.4) is 0 Å². The fourth-order valence-electron chi connectivity index (χ4n) is 1.05. The molecule has 3 N–H and O–H groups in total. The maximum atomic E-state index is 10.6. The summed E-state index contributed by atoms with van der Waals surface area (Å²) in [6.45, 7) is 0.251. The summed E-state index contributed by atoms with van der Waals surface area (Å²) in [5.41, 5.74) is 6.18. The second-order valence-electron chi connectivity index (χ2n) is 3.51. The Hall–Kier alpha value is -2.13. The van der Waals surface area contributed by atoms with E-state index >= 15 is 0 Å².